The zero-order valence-corrected chi connectivity index (χ0v) is 35.5. The number of ether oxygens (including phenoxy) is 3. The minimum Gasteiger partial charge on any atom is -0.462 e. The Morgan fingerprint density at radius 1 is 0.368 bits per heavy atom. The van der Waals surface area contributed by atoms with Gasteiger partial charge in [0.2, 0.25) is 0 Å². The maximum atomic E-state index is 12.6. The molecule has 0 aromatic heterocycles. The molecule has 57 heavy (non-hydrogen) atoms. The molecule has 1 unspecified atom stereocenters. The van der Waals surface area contributed by atoms with E-state index in [-0.39, 0.29) is 44.4 Å². The van der Waals surface area contributed by atoms with E-state index >= 15 is 0 Å². The van der Waals surface area contributed by atoms with Gasteiger partial charge in [0.15, 0.2) is 6.10 Å². The highest BCUT2D eigenvalue weighted by Crippen LogP contribution is 2.09. The molecule has 0 radical (unpaired) electrons. The molecular formula is C51H74O6. The average Bonchev–Trinajstić information content (AvgIpc) is 3.21. The van der Waals surface area contributed by atoms with Gasteiger partial charge in [0, 0.05) is 19.3 Å². The Balaban J connectivity index is 4.58. The van der Waals surface area contributed by atoms with Gasteiger partial charge in [-0.1, -0.05) is 173 Å². The third-order valence-electron chi connectivity index (χ3n) is 8.01. The van der Waals surface area contributed by atoms with Gasteiger partial charge in [-0.2, -0.15) is 0 Å². The lowest BCUT2D eigenvalue weighted by Crippen LogP contribution is -2.30. The number of carbonyl (C=O) groups excluding carboxylic acids is 3. The predicted molar refractivity (Wildman–Crippen MR) is 242 cm³/mol. The molecule has 0 bridgehead atoms. The van der Waals surface area contributed by atoms with Crippen LogP contribution in [0.5, 0.6) is 0 Å². The molecule has 0 amide bonds. The minimum absolute atomic E-state index is 0.138. The Hall–Kier alpha value is -4.71. The summed E-state index contributed by atoms with van der Waals surface area (Å²) in [5, 5.41) is 0. The molecule has 6 heteroatoms. The first-order chi connectivity index (χ1) is 28.0. The Labute approximate surface area is 347 Å². The summed E-state index contributed by atoms with van der Waals surface area (Å²) in [7, 11) is 0. The molecular weight excluding hydrogens is 709 g/mol. The third kappa shape index (κ3) is 42.3. The smallest absolute Gasteiger partial charge is 0.306 e. The fourth-order valence-corrected chi connectivity index (χ4v) is 4.89. The van der Waals surface area contributed by atoms with Crippen LogP contribution in [0, 0.1) is 0 Å². The van der Waals surface area contributed by atoms with E-state index in [0.717, 1.165) is 77.0 Å². The third-order valence-corrected chi connectivity index (χ3v) is 8.01. The van der Waals surface area contributed by atoms with Crippen LogP contribution in [0.3, 0.4) is 0 Å². The fraction of sp³-hybridized carbons (Fsp3) is 0.471. The van der Waals surface area contributed by atoms with Gasteiger partial charge in [0.25, 0.3) is 0 Å². The van der Waals surface area contributed by atoms with E-state index in [9.17, 15) is 14.4 Å². The minimum atomic E-state index is -0.840. The van der Waals surface area contributed by atoms with Crippen LogP contribution in [-0.2, 0) is 28.6 Å². The lowest BCUT2D eigenvalue weighted by molar-refractivity contribution is -0.167. The Bertz CT molecular complexity index is 1360. The number of allylic oxidation sites excluding steroid dienone is 24. The quantitative estimate of drug-likeness (QED) is 0.0209. The molecule has 0 aliphatic heterocycles. The summed E-state index contributed by atoms with van der Waals surface area (Å²) in [5.74, 6) is -1.10. The molecule has 0 N–H and O–H groups in total. The summed E-state index contributed by atoms with van der Waals surface area (Å²) in [6.45, 7) is 6.07. The van der Waals surface area contributed by atoms with E-state index in [2.05, 4.69) is 93.7 Å². The standard InChI is InChI=1S/C51H74O6/c1-4-7-10-13-16-19-21-22-23-24-25-26-27-28-30-32-35-38-41-44-50(53)56-47-48(46-55-49(52)43-40-37-34-31-18-15-12-9-6-3)57-51(54)45-42-39-36-33-29-20-17-14-11-8-5-2/h7-13,16-28,30-31,33,36,48H,4-6,14-15,29,32,34-35,37-47H2,1-3H3/b10-7-,11-8-,12-9-,16-13-,20-17-,21-19-,23-22-,25-24+,27-26-,30-28-,31-18-,36-33-. The molecule has 0 aliphatic rings. The highest BCUT2D eigenvalue weighted by Gasteiger charge is 2.19. The number of unbranched alkanes of at least 4 members (excludes halogenated alkanes) is 6. The van der Waals surface area contributed by atoms with Crippen LogP contribution < -0.4 is 0 Å². The van der Waals surface area contributed by atoms with E-state index in [1.807, 2.05) is 72.9 Å². The number of hydrogen-bond donors (Lipinski definition) is 0. The lowest BCUT2D eigenvalue weighted by atomic mass is 10.1. The van der Waals surface area contributed by atoms with Gasteiger partial charge >= 0.3 is 17.9 Å². The lowest BCUT2D eigenvalue weighted by Gasteiger charge is -2.18. The van der Waals surface area contributed by atoms with Crippen LogP contribution in [0.1, 0.15) is 136 Å². The van der Waals surface area contributed by atoms with Crippen LogP contribution in [0.4, 0.5) is 0 Å². The van der Waals surface area contributed by atoms with Gasteiger partial charge in [-0.05, 0) is 89.9 Å². The summed E-state index contributed by atoms with van der Waals surface area (Å²) in [4.78, 5) is 37.6. The van der Waals surface area contributed by atoms with Gasteiger partial charge in [-0.25, -0.2) is 0 Å². The molecule has 6 nitrogen and oxygen atoms in total. The zero-order chi connectivity index (χ0) is 41.5. The van der Waals surface area contributed by atoms with Crippen molar-refractivity contribution in [1.82, 2.24) is 0 Å². The summed E-state index contributed by atoms with van der Waals surface area (Å²) in [6.07, 6.45) is 62.8. The molecule has 1 atom stereocenters. The van der Waals surface area contributed by atoms with Crippen molar-refractivity contribution in [2.45, 2.75) is 142 Å². The molecule has 0 rings (SSSR count). The zero-order valence-electron chi connectivity index (χ0n) is 35.5. The van der Waals surface area contributed by atoms with Crippen LogP contribution in [0.15, 0.2) is 146 Å². The largest absolute Gasteiger partial charge is 0.462 e. The van der Waals surface area contributed by atoms with Crippen LogP contribution in [0.25, 0.3) is 0 Å². The fourth-order valence-electron chi connectivity index (χ4n) is 4.89. The van der Waals surface area contributed by atoms with E-state index < -0.39 is 12.1 Å². The monoisotopic (exact) mass is 783 g/mol. The van der Waals surface area contributed by atoms with E-state index in [0.29, 0.717) is 19.3 Å². The Kier molecular flexibility index (Phi) is 40.4. The van der Waals surface area contributed by atoms with Crippen LogP contribution in [0.2, 0.25) is 0 Å². The van der Waals surface area contributed by atoms with Gasteiger partial charge in [-0.3, -0.25) is 14.4 Å². The van der Waals surface area contributed by atoms with Crippen molar-refractivity contribution in [3.8, 4) is 0 Å². The number of rotatable bonds is 35. The summed E-state index contributed by atoms with van der Waals surface area (Å²) in [5.41, 5.74) is 0. The van der Waals surface area contributed by atoms with Crippen molar-refractivity contribution >= 4 is 17.9 Å². The van der Waals surface area contributed by atoms with Gasteiger partial charge in [0.05, 0.1) is 0 Å². The average molecular weight is 783 g/mol. The molecule has 0 aliphatic carbocycles. The van der Waals surface area contributed by atoms with E-state index in [1.54, 1.807) is 0 Å². The number of hydrogen-bond acceptors (Lipinski definition) is 6. The van der Waals surface area contributed by atoms with Crippen molar-refractivity contribution in [1.29, 1.82) is 0 Å². The second kappa shape index (κ2) is 44.0. The topological polar surface area (TPSA) is 78.9 Å². The second-order valence-electron chi connectivity index (χ2n) is 13.3. The van der Waals surface area contributed by atoms with Crippen LogP contribution >= 0.6 is 0 Å². The second-order valence-corrected chi connectivity index (χ2v) is 13.3. The Morgan fingerprint density at radius 3 is 1.25 bits per heavy atom. The molecule has 0 aromatic carbocycles. The molecule has 0 fully saturated rings. The summed E-state index contributed by atoms with van der Waals surface area (Å²) >= 11 is 0. The Morgan fingerprint density at radius 2 is 0.737 bits per heavy atom. The molecule has 0 heterocycles. The van der Waals surface area contributed by atoms with Crippen molar-refractivity contribution in [2.75, 3.05) is 13.2 Å². The SMILES string of the molecule is CC\C=C/C=C\C=C/C=C\C=C\C=C/C=C\CCCCCC(=O)OCC(COC(=O)CCCC/C=C\C/C=C\CC)OC(=O)CCC/C=C\C/C=C\C/C=C\CC. The highest BCUT2D eigenvalue weighted by atomic mass is 16.6. The van der Waals surface area contributed by atoms with E-state index in [4.69, 9.17) is 14.2 Å². The first kappa shape index (κ1) is 52.3. The van der Waals surface area contributed by atoms with Crippen molar-refractivity contribution < 1.29 is 28.6 Å². The first-order valence-corrected chi connectivity index (χ1v) is 21.4. The maximum absolute atomic E-state index is 12.6. The molecule has 0 saturated carbocycles. The van der Waals surface area contributed by atoms with Gasteiger partial charge in [-0.15, -0.1) is 0 Å². The molecule has 0 aromatic rings. The van der Waals surface area contributed by atoms with Crippen LogP contribution in [-0.4, -0.2) is 37.2 Å². The van der Waals surface area contributed by atoms with E-state index in [1.165, 1.54) is 0 Å². The maximum Gasteiger partial charge on any atom is 0.306 e. The van der Waals surface area contributed by atoms with Crippen molar-refractivity contribution in [2.24, 2.45) is 0 Å². The summed E-state index contributed by atoms with van der Waals surface area (Å²) < 4.78 is 16.5. The van der Waals surface area contributed by atoms with Gasteiger partial charge < -0.3 is 14.2 Å². The van der Waals surface area contributed by atoms with Crippen molar-refractivity contribution in [3.05, 3.63) is 146 Å². The molecule has 0 spiro atoms. The van der Waals surface area contributed by atoms with Gasteiger partial charge in [0.1, 0.15) is 13.2 Å². The normalized spacial score (nSPS) is 13.5. The molecule has 0 saturated heterocycles. The molecule has 314 valence electrons. The number of carbonyl (C=O) groups is 3. The number of esters is 3. The summed E-state index contributed by atoms with van der Waals surface area (Å²) in [6, 6.07) is 0. The highest BCUT2D eigenvalue weighted by molar-refractivity contribution is 5.71. The first-order valence-electron chi connectivity index (χ1n) is 21.4. The van der Waals surface area contributed by atoms with Crippen molar-refractivity contribution in [3.63, 3.8) is 0 Å². The predicted octanol–water partition coefficient (Wildman–Crippen LogP) is 13.7.